The molecule has 1 aliphatic rings. The summed E-state index contributed by atoms with van der Waals surface area (Å²) in [5, 5.41) is 3.93. The molecule has 30 heavy (non-hydrogen) atoms. The van der Waals surface area contributed by atoms with Crippen LogP contribution in [0.5, 0.6) is 5.75 Å². The summed E-state index contributed by atoms with van der Waals surface area (Å²) in [6.07, 6.45) is 1.06. The lowest BCUT2D eigenvalue weighted by Gasteiger charge is -2.28. The van der Waals surface area contributed by atoms with E-state index in [-0.39, 0.29) is 0 Å². The molecule has 0 N–H and O–H groups in total. The molecular formula is C27H28N2O. The van der Waals surface area contributed by atoms with E-state index in [4.69, 9.17) is 9.72 Å². The second-order valence-corrected chi connectivity index (χ2v) is 8.82. The third-order valence-electron chi connectivity index (χ3n) is 5.97. The number of hydrogen-bond donors (Lipinski definition) is 0. The molecule has 1 aromatic heterocycles. The van der Waals surface area contributed by atoms with Crippen molar-refractivity contribution in [3.63, 3.8) is 0 Å². The lowest BCUT2D eigenvalue weighted by molar-refractivity contribution is 0.271. The van der Waals surface area contributed by atoms with Crippen LogP contribution in [0.3, 0.4) is 0 Å². The molecule has 5 rings (SSSR count). The topological polar surface area (TPSA) is 25.4 Å². The zero-order valence-corrected chi connectivity index (χ0v) is 18.0. The Balaban J connectivity index is 1.67. The lowest BCUT2D eigenvalue weighted by Crippen LogP contribution is -2.27. The van der Waals surface area contributed by atoms with Gasteiger partial charge in [0, 0.05) is 24.0 Å². The van der Waals surface area contributed by atoms with Crippen LogP contribution in [0.1, 0.15) is 25.0 Å². The summed E-state index contributed by atoms with van der Waals surface area (Å²) in [4.78, 5) is 7.57. The van der Waals surface area contributed by atoms with Crippen molar-refractivity contribution in [2.24, 2.45) is 5.92 Å². The molecule has 152 valence electrons. The number of aromatic nitrogens is 1. The van der Waals surface area contributed by atoms with Crippen LogP contribution in [-0.2, 0) is 13.0 Å². The molecule has 0 fully saturated rings. The van der Waals surface area contributed by atoms with Crippen LogP contribution in [0.15, 0.2) is 60.7 Å². The molecule has 0 atom stereocenters. The molecule has 2 heterocycles. The van der Waals surface area contributed by atoms with Gasteiger partial charge in [0.1, 0.15) is 5.75 Å². The van der Waals surface area contributed by atoms with Gasteiger partial charge in [-0.05, 0) is 71.6 Å². The van der Waals surface area contributed by atoms with Crippen LogP contribution in [0.2, 0.25) is 0 Å². The monoisotopic (exact) mass is 396 g/mol. The molecule has 0 aliphatic carbocycles. The van der Waals surface area contributed by atoms with E-state index in [1.54, 1.807) is 0 Å². The van der Waals surface area contributed by atoms with Gasteiger partial charge in [0.2, 0.25) is 0 Å². The molecule has 1 aliphatic heterocycles. The first kappa shape index (κ1) is 19.1. The van der Waals surface area contributed by atoms with E-state index in [2.05, 4.69) is 86.5 Å². The number of pyridine rings is 1. The molecule has 0 bridgehead atoms. The Hall–Kier alpha value is -2.91. The van der Waals surface area contributed by atoms with E-state index in [0.29, 0.717) is 5.92 Å². The first-order valence-electron chi connectivity index (χ1n) is 10.8. The smallest absolute Gasteiger partial charge is 0.119 e. The summed E-state index contributed by atoms with van der Waals surface area (Å²) in [5.74, 6) is 1.44. The van der Waals surface area contributed by atoms with Gasteiger partial charge in [-0.1, -0.05) is 44.2 Å². The Morgan fingerprint density at radius 3 is 2.57 bits per heavy atom. The van der Waals surface area contributed by atoms with E-state index in [0.717, 1.165) is 48.6 Å². The van der Waals surface area contributed by atoms with Gasteiger partial charge in [0.25, 0.3) is 0 Å². The third-order valence-corrected chi connectivity index (χ3v) is 5.97. The normalized spacial score (nSPS) is 14.4. The Morgan fingerprint density at radius 1 is 0.967 bits per heavy atom. The van der Waals surface area contributed by atoms with E-state index < -0.39 is 0 Å². The van der Waals surface area contributed by atoms with Gasteiger partial charge in [0.15, 0.2) is 0 Å². The first-order valence-corrected chi connectivity index (χ1v) is 10.8. The van der Waals surface area contributed by atoms with Crippen molar-refractivity contribution in [2.45, 2.75) is 26.8 Å². The zero-order valence-electron chi connectivity index (χ0n) is 18.0. The number of rotatable bonds is 4. The summed E-state index contributed by atoms with van der Waals surface area (Å²) < 4.78 is 5.88. The van der Waals surface area contributed by atoms with Crippen molar-refractivity contribution in [3.8, 4) is 17.0 Å². The van der Waals surface area contributed by atoms with Crippen LogP contribution in [0, 0.1) is 5.92 Å². The van der Waals surface area contributed by atoms with Crippen molar-refractivity contribution >= 4 is 21.7 Å². The van der Waals surface area contributed by atoms with Crippen molar-refractivity contribution in [2.75, 3.05) is 20.2 Å². The van der Waals surface area contributed by atoms with Crippen LogP contribution >= 0.6 is 0 Å². The number of ether oxygens (including phenoxy) is 1. The van der Waals surface area contributed by atoms with Gasteiger partial charge in [-0.2, -0.15) is 0 Å². The van der Waals surface area contributed by atoms with Crippen molar-refractivity contribution in [3.05, 3.63) is 71.8 Å². The highest BCUT2D eigenvalue weighted by atomic mass is 16.5. The molecule has 4 aromatic rings. The van der Waals surface area contributed by atoms with E-state index >= 15 is 0 Å². The average molecular weight is 397 g/mol. The highest BCUT2D eigenvalue weighted by Crippen LogP contribution is 2.37. The number of benzene rings is 3. The van der Waals surface area contributed by atoms with Gasteiger partial charge in [0.05, 0.1) is 17.8 Å². The third kappa shape index (κ3) is 3.44. The maximum absolute atomic E-state index is 5.88. The Labute approximate surface area is 178 Å². The predicted molar refractivity (Wildman–Crippen MR) is 125 cm³/mol. The zero-order chi connectivity index (χ0) is 20.7. The van der Waals surface area contributed by atoms with Gasteiger partial charge < -0.3 is 9.64 Å². The van der Waals surface area contributed by atoms with Gasteiger partial charge in [-0.25, -0.2) is 4.98 Å². The fourth-order valence-electron chi connectivity index (χ4n) is 4.46. The molecule has 0 radical (unpaired) electrons. The Morgan fingerprint density at radius 2 is 1.77 bits per heavy atom. The van der Waals surface area contributed by atoms with Crippen LogP contribution in [0.25, 0.3) is 32.9 Å². The minimum absolute atomic E-state index is 0.518. The second kappa shape index (κ2) is 7.73. The number of hydrogen-bond acceptors (Lipinski definition) is 3. The molecule has 3 heteroatoms. The molecule has 3 nitrogen and oxygen atoms in total. The Kier molecular flexibility index (Phi) is 4.92. The highest BCUT2D eigenvalue weighted by molar-refractivity contribution is 6.09. The van der Waals surface area contributed by atoms with Gasteiger partial charge in [-0.15, -0.1) is 0 Å². The maximum atomic E-state index is 5.88. The highest BCUT2D eigenvalue weighted by Gasteiger charge is 2.22. The minimum atomic E-state index is 0.518. The van der Waals surface area contributed by atoms with Gasteiger partial charge in [-0.3, -0.25) is 0 Å². The maximum Gasteiger partial charge on any atom is 0.119 e. The van der Waals surface area contributed by atoms with Crippen LogP contribution < -0.4 is 4.74 Å². The standard InChI is InChI=1S/C27H28N2O/c1-18(2)17-30-21-11-8-20(9-12-21)27-24-16-29(3)15-14-23(24)26-22-7-5-4-6-19(22)10-13-25(26)28-27/h4-13,18H,14-17H2,1-3H3. The largest absolute Gasteiger partial charge is 0.493 e. The quantitative estimate of drug-likeness (QED) is 0.391. The molecular weight excluding hydrogens is 368 g/mol. The first-order chi connectivity index (χ1) is 14.6. The summed E-state index contributed by atoms with van der Waals surface area (Å²) in [6, 6.07) is 21.5. The lowest BCUT2D eigenvalue weighted by atomic mass is 9.89. The van der Waals surface area contributed by atoms with Crippen LogP contribution in [-0.4, -0.2) is 30.1 Å². The number of fused-ring (bicyclic) bond motifs is 5. The van der Waals surface area contributed by atoms with E-state index in [9.17, 15) is 0 Å². The van der Waals surface area contributed by atoms with Crippen molar-refractivity contribution in [1.82, 2.24) is 9.88 Å². The molecule has 3 aromatic carbocycles. The fourth-order valence-corrected chi connectivity index (χ4v) is 4.46. The average Bonchev–Trinajstić information content (AvgIpc) is 2.77. The van der Waals surface area contributed by atoms with E-state index in [1.807, 2.05) is 0 Å². The Bertz CT molecular complexity index is 1210. The van der Waals surface area contributed by atoms with Crippen LogP contribution in [0.4, 0.5) is 0 Å². The fraction of sp³-hybridized carbons (Fsp3) is 0.296. The molecule has 0 amide bonds. The SMILES string of the molecule is CC(C)COc1ccc(-c2nc3ccc4ccccc4c3c3c2CN(C)CC3)cc1. The molecule has 0 saturated heterocycles. The summed E-state index contributed by atoms with van der Waals surface area (Å²) in [5.41, 5.74) is 6.18. The number of likely N-dealkylation sites (N-methyl/N-ethyl adjacent to an activating group) is 1. The summed E-state index contributed by atoms with van der Waals surface area (Å²) in [7, 11) is 2.20. The number of nitrogens with zero attached hydrogens (tertiary/aromatic N) is 2. The van der Waals surface area contributed by atoms with E-state index in [1.165, 1.54) is 27.3 Å². The van der Waals surface area contributed by atoms with Crippen molar-refractivity contribution < 1.29 is 4.74 Å². The minimum Gasteiger partial charge on any atom is -0.493 e. The predicted octanol–water partition coefficient (Wildman–Crippen LogP) is 6.08. The molecule has 0 unspecified atom stereocenters. The van der Waals surface area contributed by atoms with Gasteiger partial charge >= 0.3 is 0 Å². The second-order valence-electron chi connectivity index (χ2n) is 8.82. The van der Waals surface area contributed by atoms with Crippen molar-refractivity contribution in [1.29, 1.82) is 0 Å². The summed E-state index contributed by atoms with van der Waals surface area (Å²) >= 11 is 0. The summed E-state index contributed by atoms with van der Waals surface area (Å²) in [6.45, 7) is 7.08. The molecule has 0 saturated carbocycles. The molecule has 0 spiro atoms.